The van der Waals surface area contributed by atoms with Crippen LogP contribution in [0.1, 0.15) is 65.0 Å². The molecule has 2 rings (SSSR count). The monoisotopic (exact) mass is 364 g/mol. The molecule has 1 aliphatic carbocycles. The van der Waals surface area contributed by atoms with Crippen LogP contribution in [0.3, 0.4) is 0 Å². The Hall–Kier alpha value is -2.35. The summed E-state index contributed by atoms with van der Waals surface area (Å²) in [6, 6.07) is 8.04. The minimum Gasteiger partial charge on any atom is -0.461 e. The third-order valence-corrected chi connectivity index (χ3v) is 5.12. The van der Waals surface area contributed by atoms with E-state index < -0.39 is 0 Å². The van der Waals surface area contributed by atoms with E-state index in [1.165, 1.54) is 42.9 Å². The normalized spacial score (nSPS) is 17.7. The summed E-state index contributed by atoms with van der Waals surface area (Å²) >= 11 is 0. The van der Waals surface area contributed by atoms with Gasteiger partial charge >= 0.3 is 5.97 Å². The van der Waals surface area contributed by atoms with Gasteiger partial charge in [0.05, 0.1) is 0 Å². The van der Waals surface area contributed by atoms with E-state index in [-0.39, 0.29) is 11.4 Å². The smallest absolute Gasteiger partial charge is 0.302 e. The van der Waals surface area contributed by atoms with Gasteiger partial charge in [-0.15, -0.1) is 0 Å². The number of esters is 1. The first-order chi connectivity index (χ1) is 12.8. The quantitative estimate of drug-likeness (QED) is 0.410. The van der Waals surface area contributed by atoms with Crippen LogP contribution >= 0.6 is 0 Å². The molecule has 0 N–H and O–H groups in total. The van der Waals surface area contributed by atoms with Crippen molar-refractivity contribution in [3.63, 3.8) is 0 Å². The second kappa shape index (κ2) is 9.55. The summed E-state index contributed by atoms with van der Waals surface area (Å²) in [6.45, 7) is 10.8. The average molecular weight is 365 g/mol. The van der Waals surface area contributed by atoms with Crippen LogP contribution in [0.25, 0.3) is 6.08 Å². The van der Waals surface area contributed by atoms with Gasteiger partial charge in [0.25, 0.3) is 0 Å². The molecule has 1 aromatic rings. The SMILES string of the molecule is CC(=O)OCc1ccc(C=CC=C(C)C=CC2=C(C)CCCC2(C)C)cc1. The van der Waals surface area contributed by atoms with Crippen molar-refractivity contribution in [2.24, 2.45) is 5.41 Å². The van der Waals surface area contributed by atoms with Crippen LogP contribution in [-0.4, -0.2) is 5.97 Å². The Balaban J connectivity index is 1.97. The number of allylic oxidation sites excluding steroid dienone is 7. The van der Waals surface area contributed by atoms with Crippen LogP contribution in [0.5, 0.6) is 0 Å². The van der Waals surface area contributed by atoms with Gasteiger partial charge in [-0.3, -0.25) is 4.79 Å². The predicted octanol–water partition coefficient (Wildman–Crippen LogP) is 6.79. The number of ether oxygens (including phenoxy) is 1. The van der Waals surface area contributed by atoms with E-state index >= 15 is 0 Å². The lowest BCUT2D eigenvalue weighted by molar-refractivity contribution is -0.142. The molecule has 1 aliphatic rings. The molecule has 0 spiro atoms. The van der Waals surface area contributed by atoms with Crippen molar-refractivity contribution < 1.29 is 9.53 Å². The molecule has 0 atom stereocenters. The summed E-state index contributed by atoms with van der Waals surface area (Å²) < 4.78 is 5.00. The van der Waals surface area contributed by atoms with Crippen LogP contribution in [0, 0.1) is 5.41 Å². The van der Waals surface area contributed by atoms with Gasteiger partial charge in [0.15, 0.2) is 0 Å². The fourth-order valence-electron chi connectivity index (χ4n) is 3.50. The van der Waals surface area contributed by atoms with Crippen LogP contribution in [-0.2, 0) is 16.1 Å². The minimum absolute atomic E-state index is 0.254. The van der Waals surface area contributed by atoms with Gasteiger partial charge in [-0.2, -0.15) is 0 Å². The maximum Gasteiger partial charge on any atom is 0.302 e. The van der Waals surface area contributed by atoms with Gasteiger partial charge in [-0.1, -0.05) is 79.6 Å². The van der Waals surface area contributed by atoms with E-state index in [1.807, 2.05) is 24.3 Å². The molecular weight excluding hydrogens is 332 g/mol. The van der Waals surface area contributed by atoms with Gasteiger partial charge in [0.1, 0.15) is 6.61 Å². The summed E-state index contributed by atoms with van der Waals surface area (Å²) in [7, 11) is 0. The first kappa shape index (κ1) is 21.0. The Morgan fingerprint density at radius 3 is 2.48 bits per heavy atom. The van der Waals surface area contributed by atoms with E-state index in [4.69, 9.17) is 4.74 Å². The molecule has 0 aliphatic heterocycles. The third kappa shape index (κ3) is 6.71. The first-order valence-corrected chi connectivity index (χ1v) is 9.73. The zero-order valence-electron chi connectivity index (χ0n) is 17.3. The molecule has 0 unspecified atom stereocenters. The Bertz CT molecular complexity index is 771. The van der Waals surface area contributed by atoms with Crippen LogP contribution in [0.4, 0.5) is 0 Å². The van der Waals surface area contributed by atoms with E-state index in [9.17, 15) is 4.79 Å². The van der Waals surface area contributed by atoms with E-state index in [0.29, 0.717) is 6.61 Å². The zero-order valence-corrected chi connectivity index (χ0v) is 17.3. The molecule has 2 heteroatoms. The Morgan fingerprint density at radius 2 is 1.85 bits per heavy atom. The van der Waals surface area contributed by atoms with Crippen LogP contribution in [0.2, 0.25) is 0 Å². The summed E-state index contributed by atoms with van der Waals surface area (Å²) in [5.74, 6) is -0.254. The molecule has 0 radical (unpaired) electrons. The molecule has 2 nitrogen and oxygen atoms in total. The fraction of sp³-hybridized carbons (Fsp3) is 0.400. The molecular formula is C25H32O2. The van der Waals surface area contributed by atoms with E-state index in [1.54, 1.807) is 0 Å². The third-order valence-electron chi connectivity index (χ3n) is 5.12. The highest BCUT2D eigenvalue weighted by molar-refractivity contribution is 5.66. The van der Waals surface area contributed by atoms with Crippen LogP contribution < -0.4 is 0 Å². The summed E-state index contributed by atoms with van der Waals surface area (Å²) in [4.78, 5) is 10.8. The predicted molar refractivity (Wildman–Crippen MR) is 114 cm³/mol. The Labute approximate surface area is 164 Å². The topological polar surface area (TPSA) is 26.3 Å². The number of hydrogen-bond donors (Lipinski definition) is 0. The molecule has 0 saturated heterocycles. The van der Waals surface area contributed by atoms with Gasteiger partial charge in [-0.25, -0.2) is 0 Å². The fourth-order valence-corrected chi connectivity index (χ4v) is 3.50. The Kier molecular flexibility index (Phi) is 7.41. The van der Waals surface area contributed by atoms with Crippen molar-refractivity contribution in [2.45, 2.75) is 60.5 Å². The maximum absolute atomic E-state index is 10.8. The van der Waals surface area contributed by atoms with Gasteiger partial charge in [0.2, 0.25) is 0 Å². The van der Waals surface area contributed by atoms with Crippen molar-refractivity contribution in [1.29, 1.82) is 0 Å². The summed E-state index contributed by atoms with van der Waals surface area (Å²) in [6.07, 6.45) is 14.6. The molecule has 0 amide bonds. The highest BCUT2D eigenvalue weighted by Gasteiger charge is 2.26. The largest absolute Gasteiger partial charge is 0.461 e. The van der Waals surface area contributed by atoms with Crippen molar-refractivity contribution >= 4 is 12.0 Å². The highest BCUT2D eigenvalue weighted by Crippen LogP contribution is 2.40. The second-order valence-corrected chi connectivity index (χ2v) is 8.06. The van der Waals surface area contributed by atoms with Crippen LogP contribution in [0.15, 0.2) is 65.3 Å². The van der Waals surface area contributed by atoms with Crippen molar-refractivity contribution in [2.75, 3.05) is 0 Å². The van der Waals surface area contributed by atoms with Gasteiger partial charge in [0, 0.05) is 6.92 Å². The number of carbonyl (C=O) groups excluding carboxylic acids is 1. The van der Waals surface area contributed by atoms with E-state index in [0.717, 1.165) is 11.1 Å². The van der Waals surface area contributed by atoms with Crippen molar-refractivity contribution in [1.82, 2.24) is 0 Å². The number of hydrogen-bond acceptors (Lipinski definition) is 2. The molecule has 144 valence electrons. The summed E-state index contributed by atoms with van der Waals surface area (Å²) in [5.41, 5.74) is 6.66. The van der Waals surface area contributed by atoms with E-state index in [2.05, 4.69) is 58.1 Å². The number of rotatable bonds is 6. The first-order valence-electron chi connectivity index (χ1n) is 9.73. The van der Waals surface area contributed by atoms with Gasteiger partial charge in [-0.05, 0) is 55.2 Å². The lowest BCUT2D eigenvalue weighted by Gasteiger charge is -2.32. The zero-order chi connectivity index (χ0) is 19.9. The molecule has 0 heterocycles. The van der Waals surface area contributed by atoms with Crippen molar-refractivity contribution in [3.05, 3.63) is 76.4 Å². The molecule has 0 fully saturated rings. The lowest BCUT2D eigenvalue weighted by Crippen LogP contribution is -2.19. The maximum atomic E-state index is 10.8. The Morgan fingerprint density at radius 1 is 1.15 bits per heavy atom. The average Bonchev–Trinajstić information content (AvgIpc) is 2.60. The second-order valence-electron chi connectivity index (χ2n) is 8.06. The molecule has 0 aromatic heterocycles. The molecule has 1 aromatic carbocycles. The van der Waals surface area contributed by atoms with Crippen molar-refractivity contribution in [3.8, 4) is 0 Å². The minimum atomic E-state index is -0.254. The number of benzene rings is 1. The lowest BCUT2D eigenvalue weighted by atomic mass is 9.72. The molecule has 0 saturated carbocycles. The highest BCUT2D eigenvalue weighted by atomic mass is 16.5. The molecule has 0 bridgehead atoms. The van der Waals surface area contributed by atoms with Gasteiger partial charge < -0.3 is 4.74 Å². The number of carbonyl (C=O) groups is 1. The summed E-state index contributed by atoms with van der Waals surface area (Å²) in [5, 5.41) is 0. The molecule has 27 heavy (non-hydrogen) atoms. The standard InChI is InChI=1S/C25H32O2/c1-19(11-16-24-20(2)9-7-17-25(24,4)5)8-6-10-22-12-14-23(15-13-22)18-27-21(3)26/h6,8,10-16H,7,9,17-18H2,1-5H3.